The number of nitro groups is 1. The smallest absolute Gasteiger partial charge is 0.287 e. The van der Waals surface area contributed by atoms with E-state index in [1.165, 1.54) is 18.2 Å². The molecule has 3 N–H and O–H groups in total. The molecule has 2 aromatic carbocycles. The quantitative estimate of drug-likeness (QED) is 0.397. The average molecular weight is 377 g/mol. The minimum atomic E-state index is -0.522. The van der Waals surface area contributed by atoms with E-state index >= 15 is 0 Å². The molecule has 0 spiro atoms. The number of rotatable bonds is 9. The molecule has 7 heteroatoms. The number of carbonyl (C=O) groups is 1. The molecule has 0 unspecified atom stereocenters. The molecule has 1 atom stereocenters. The fraction of sp³-hybridized carbons (Fsp3) is 0.316. The molecule has 2 rings (SSSR count). The van der Waals surface area contributed by atoms with Crippen LogP contribution in [0.4, 0.5) is 11.4 Å². The number of hydrogen-bond donors (Lipinski definition) is 2. The summed E-state index contributed by atoms with van der Waals surface area (Å²) in [7, 11) is 0. The first kappa shape index (κ1) is 19.9. The molecule has 138 valence electrons. The number of halogens is 1. The van der Waals surface area contributed by atoms with Crippen molar-refractivity contribution in [1.82, 2.24) is 0 Å². The first-order valence-electron chi connectivity index (χ1n) is 8.66. The second-order valence-electron chi connectivity index (χ2n) is 6.03. The van der Waals surface area contributed by atoms with Crippen molar-refractivity contribution in [2.24, 2.45) is 0 Å². The zero-order valence-corrected chi connectivity index (χ0v) is 15.4. The molecule has 0 aliphatic rings. The Morgan fingerprint density at radius 3 is 2.58 bits per heavy atom. The van der Waals surface area contributed by atoms with Gasteiger partial charge in [-0.3, -0.25) is 14.9 Å². The van der Waals surface area contributed by atoms with Crippen LogP contribution in [0.1, 0.15) is 37.8 Å². The van der Waals surface area contributed by atoms with Gasteiger partial charge < -0.3 is 10.6 Å². The number of hydrogen-bond acceptors (Lipinski definition) is 3. The van der Waals surface area contributed by atoms with E-state index in [4.69, 9.17) is 11.6 Å². The van der Waals surface area contributed by atoms with Gasteiger partial charge in [0.15, 0.2) is 6.04 Å². The van der Waals surface area contributed by atoms with E-state index in [0.29, 0.717) is 5.69 Å². The van der Waals surface area contributed by atoms with Gasteiger partial charge in [0.25, 0.3) is 11.6 Å². The summed E-state index contributed by atoms with van der Waals surface area (Å²) in [4.78, 5) is 23.1. The number of quaternary nitrogens is 1. The van der Waals surface area contributed by atoms with E-state index in [0.717, 1.165) is 31.4 Å². The number of amides is 1. The highest BCUT2D eigenvalue weighted by molar-refractivity contribution is 6.34. The predicted molar refractivity (Wildman–Crippen MR) is 102 cm³/mol. The third-order valence-electron chi connectivity index (χ3n) is 4.07. The van der Waals surface area contributed by atoms with Gasteiger partial charge in [-0.05, 0) is 18.9 Å². The molecule has 26 heavy (non-hydrogen) atoms. The molecule has 1 amide bonds. The lowest BCUT2D eigenvalue weighted by molar-refractivity contribution is -0.682. The standard InChI is InChI=1S/C19H22ClN3O3/c1-2-3-7-12-21-18(14-8-5-4-6-9-14)19(24)22-17-11-10-15(23(25)26)13-16(17)20/h4-6,8-11,13,18,21H,2-3,7,12H2,1H3,(H,22,24)/p+1/t18-/m1/s1. The molecule has 0 saturated heterocycles. The van der Waals surface area contributed by atoms with E-state index in [1.807, 2.05) is 35.6 Å². The third kappa shape index (κ3) is 5.54. The molecule has 0 saturated carbocycles. The van der Waals surface area contributed by atoms with E-state index in [1.54, 1.807) is 0 Å². The van der Waals surface area contributed by atoms with Gasteiger partial charge in [0.2, 0.25) is 0 Å². The number of nitro benzene ring substituents is 1. The minimum Gasteiger partial charge on any atom is -0.332 e. The predicted octanol–water partition coefficient (Wildman–Crippen LogP) is 3.68. The number of benzene rings is 2. The molecular weight excluding hydrogens is 354 g/mol. The van der Waals surface area contributed by atoms with Gasteiger partial charge in [-0.15, -0.1) is 0 Å². The molecule has 0 aliphatic carbocycles. The highest BCUT2D eigenvalue weighted by atomic mass is 35.5. The van der Waals surface area contributed by atoms with Gasteiger partial charge >= 0.3 is 0 Å². The van der Waals surface area contributed by atoms with Crippen molar-refractivity contribution in [3.05, 3.63) is 69.2 Å². The van der Waals surface area contributed by atoms with E-state index in [-0.39, 0.29) is 16.6 Å². The van der Waals surface area contributed by atoms with Crippen LogP contribution in [0.2, 0.25) is 5.02 Å². The first-order valence-corrected chi connectivity index (χ1v) is 9.03. The SMILES string of the molecule is CCCCC[NH2+][C@@H](C(=O)Nc1ccc([N+](=O)[O-])cc1Cl)c1ccccc1. The molecule has 6 nitrogen and oxygen atoms in total. The van der Waals surface area contributed by atoms with Crippen LogP contribution in [0.5, 0.6) is 0 Å². The maximum Gasteiger partial charge on any atom is 0.287 e. The number of nitrogens with two attached hydrogens (primary N) is 1. The monoisotopic (exact) mass is 376 g/mol. The summed E-state index contributed by atoms with van der Waals surface area (Å²) in [5, 5.41) is 15.8. The number of anilines is 1. The van der Waals surface area contributed by atoms with Crippen molar-refractivity contribution >= 4 is 28.9 Å². The Morgan fingerprint density at radius 2 is 1.96 bits per heavy atom. The van der Waals surface area contributed by atoms with Crippen molar-refractivity contribution in [1.29, 1.82) is 0 Å². The first-order chi connectivity index (χ1) is 12.5. The molecule has 2 aromatic rings. The lowest BCUT2D eigenvalue weighted by atomic mass is 10.1. The van der Waals surface area contributed by atoms with E-state index in [2.05, 4.69) is 12.2 Å². The van der Waals surface area contributed by atoms with Crippen LogP contribution in [0.15, 0.2) is 48.5 Å². The molecule has 0 aliphatic heterocycles. The highest BCUT2D eigenvalue weighted by Crippen LogP contribution is 2.27. The summed E-state index contributed by atoms with van der Waals surface area (Å²) in [6, 6.07) is 13.1. The second kappa shape index (κ2) is 9.89. The average Bonchev–Trinajstić information content (AvgIpc) is 2.64. The van der Waals surface area contributed by atoms with Crippen LogP contribution in [0.3, 0.4) is 0 Å². The topological polar surface area (TPSA) is 88.8 Å². The Balaban J connectivity index is 2.14. The van der Waals surface area contributed by atoms with Crippen LogP contribution in [-0.2, 0) is 4.79 Å². The second-order valence-corrected chi connectivity index (χ2v) is 6.44. The fourth-order valence-corrected chi connectivity index (χ4v) is 2.89. The summed E-state index contributed by atoms with van der Waals surface area (Å²) >= 11 is 6.08. The van der Waals surface area contributed by atoms with Crippen molar-refractivity contribution < 1.29 is 15.0 Å². The Labute approximate surface area is 157 Å². The Bertz CT molecular complexity index is 753. The Morgan fingerprint density at radius 1 is 1.23 bits per heavy atom. The summed E-state index contributed by atoms with van der Waals surface area (Å²) < 4.78 is 0. The molecule has 0 radical (unpaired) electrons. The molecule has 0 aromatic heterocycles. The van der Waals surface area contributed by atoms with Gasteiger partial charge in [0.1, 0.15) is 0 Å². The normalized spacial score (nSPS) is 11.8. The maximum absolute atomic E-state index is 12.8. The number of nitrogens with zero attached hydrogens (tertiary/aromatic N) is 1. The van der Waals surface area contributed by atoms with Gasteiger partial charge in [-0.25, -0.2) is 0 Å². The largest absolute Gasteiger partial charge is 0.332 e. The summed E-state index contributed by atoms with van der Waals surface area (Å²) in [5.41, 5.74) is 1.16. The Kier molecular flexibility index (Phi) is 7.56. The van der Waals surface area contributed by atoms with Crippen LogP contribution in [-0.4, -0.2) is 17.4 Å². The van der Waals surface area contributed by atoms with Gasteiger partial charge in [0, 0.05) is 17.7 Å². The van der Waals surface area contributed by atoms with E-state index < -0.39 is 11.0 Å². The third-order valence-corrected chi connectivity index (χ3v) is 4.39. The van der Waals surface area contributed by atoms with Crippen LogP contribution >= 0.6 is 11.6 Å². The number of non-ortho nitro benzene ring substituents is 1. The molecule has 0 bridgehead atoms. The molecule has 0 fully saturated rings. The van der Waals surface area contributed by atoms with Gasteiger partial charge in [-0.2, -0.15) is 0 Å². The number of unbranched alkanes of at least 4 members (excludes halogenated alkanes) is 2. The van der Waals surface area contributed by atoms with Crippen molar-refractivity contribution in [3.63, 3.8) is 0 Å². The zero-order chi connectivity index (χ0) is 18.9. The van der Waals surface area contributed by atoms with E-state index in [9.17, 15) is 14.9 Å². The maximum atomic E-state index is 12.8. The summed E-state index contributed by atoms with van der Waals surface area (Å²) in [6.07, 6.45) is 3.27. The zero-order valence-electron chi connectivity index (χ0n) is 14.7. The van der Waals surface area contributed by atoms with Crippen LogP contribution < -0.4 is 10.6 Å². The van der Waals surface area contributed by atoms with Crippen LogP contribution in [0, 0.1) is 10.1 Å². The van der Waals surface area contributed by atoms with Gasteiger partial charge in [0.05, 0.1) is 22.2 Å². The van der Waals surface area contributed by atoms with Crippen molar-refractivity contribution in [2.75, 3.05) is 11.9 Å². The molecule has 0 heterocycles. The molecular formula is C19H23ClN3O3+. The summed E-state index contributed by atoms with van der Waals surface area (Å²) in [6.45, 7) is 2.98. The van der Waals surface area contributed by atoms with Crippen molar-refractivity contribution in [2.45, 2.75) is 32.2 Å². The lowest BCUT2D eigenvalue weighted by Gasteiger charge is -2.16. The number of nitrogens with one attached hydrogen (secondary N) is 1. The summed E-state index contributed by atoms with van der Waals surface area (Å²) in [5.74, 6) is -0.205. The van der Waals surface area contributed by atoms with Gasteiger partial charge in [-0.1, -0.05) is 55.3 Å². The Hall–Kier alpha value is -2.44. The number of carbonyl (C=O) groups excluding carboxylic acids is 1. The lowest BCUT2D eigenvalue weighted by Crippen LogP contribution is -2.87. The highest BCUT2D eigenvalue weighted by Gasteiger charge is 2.24. The minimum absolute atomic E-state index is 0.112. The fourth-order valence-electron chi connectivity index (χ4n) is 2.66. The van der Waals surface area contributed by atoms with Crippen molar-refractivity contribution in [3.8, 4) is 0 Å². The van der Waals surface area contributed by atoms with Crippen LogP contribution in [0.25, 0.3) is 0 Å².